The van der Waals surface area contributed by atoms with Crippen molar-refractivity contribution in [3.8, 4) is 5.75 Å². The summed E-state index contributed by atoms with van der Waals surface area (Å²) in [5.74, 6) is -0.916. The number of benzene rings is 1. The molecule has 0 heterocycles. The third-order valence-electron chi connectivity index (χ3n) is 4.48. The van der Waals surface area contributed by atoms with Crippen molar-refractivity contribution >= 4 is 23.5 Å². The van der Waals surface area contributed by atoms with Crippen molar-refractivity contribution in [1.29, 1.82) is 0 Å². The van der Waals surface area contributed by atoms with Gasteiger partial charge >= 0.3 is 5.97 Å². The van der Waals surface area contributed by atoms with E-state index in [1.54, 1.807) is 12.1 Å². The molecule has 1 saturated carbocycles. The molecule has 1 amide bonds. The number of hydrogen-bond donors (Lipinski definition) is 2. The molecule has 0 radical (unpaired) electrons. The molecular formula is C18H24ClNO4. The number of halogens is 1. The maximum atomic E-state index is 12.3. The van der Waals surface area contributed by atoms with Gasteiger partial charge in [0.2, 0.25) is 5.91 Å². The fourth-order valence-corrected chi connectivity index (χ4v) is 3.18. The Balaban J connectivity index is 1.85. The predicted molar refractivity (Wildman–Crippen MR) is 92.3 cm³/mol. The highest BCUT2D eigenvalue weighted by Gasteiger charge is 2.31. The third kappa shape index (κ3) is 5.13. The Bertz CT molecular complexity index is 578. The van der Waals surface area contributed by atoms with Crippen LogP contribution in [0.3, 0.4) is 0 Å². The molecule has 1 fully saturated rings. The maximum Gasteiger partial charge on any atom is 0.306 e. The number of para-hydroxylation sites is 1. The molecule has 2 N–H and O–H groups in total. The molecule has 1 aromatic carbocycles. The number of hydrogen-bond acceptors (Lipinski definition) is 3. The average molecular weight is 354 g/mol. The Morgan fingerprint density at radius 1 is 1.33 bits per heavy atom. The molecule has 6 heteroatoms. The van der Waals surface area contributed by atoms with Crippen LogP contribution < -0.4 is 10.1 Å². The second kappa shape index (κ2) is 8.92. The van der Waals surface area contributed by atoms with E-state index >= 15 is 0 Å². The number of ether oxygens (including phenoxy) is 1. The number of rotatable bonds is 7. The number of amides is 1. The van der Waals surface area contributed by atoms with Crippen molar-refractivity contribution in [2.75, 3.05) is 6.54 Å². The van der Waals surface area contributed by atoms with Gasteiger partial charge < -0.3 is 15.2 Å². The predicted octanol–water partition coefficient (Wildman–Crippen LogP) is 3.50. The molecule has 0 aliphatic heterocycles. The first kappa shape index (κ1) is 18.6. The number of carboxylic acids is 1. The highest BCUT2D eigenvalue weighted by atomic mass is 35.5. The lowest BCUT2D eigenvalue weighted by Gasteiger charge is -2.26. The van der Waals surface area contributed by atoms with Crippen molar-refractivity contribution in [3.05, 3.63) is 29.3 Å². The molecule has 0 spiro atoms. The van der Waals surface area contributed by atoms with Crippen molar-refractivity contribution < 1.29 is 19.4 Å². The zero-order valence-corrected chi connectivity index (χ0v) is 14.6. The van der Waals surface area contributed by atoms with Crippen LogP contribution in [-0.4, -0.2) is 29.6 Å². The zero-order valence-electron chi connectivity index (χ0n) is 13.8. The van der Waals surface area contributed by atoms with Gasteiger partial charge in [-0.2, -0.15) is 0 Å². The quantitative estimate of drug-likeness (QED) is 0.786. The van der Waals surface area contributed by atoms with Crippen LogP contribution in [0.5, 0.6) is 5.75 Å². The SMILES string of the molecule is CCC(CNC(=O)C1CCCC(C(=O)O)C1)Oc1ccccc1Cl. The highest BCUT2D eigenvalue weighted by Crippen LogP contribution is 2.29. The lowest BCUT2D eigenvalue weighted by atomic mass is 9.81. The molecular weight excluding hydrogens is 330 g/mol. The molecule has 5 nitrogen and oxygen atoms in total. The van der Waals surface area contributed by atoms with Crippen LogP contribution in [0.25, 0.3) is 0 Å². The van der Waals surface area contributed by atoms with Gasteiger partial charge in [0.15, 0.2) is 0 Å². The van der Waals surface area contributed by atoms with Gasteiger partial charge in [0.05, 0.1) is 17.5 Å². The largest absolute Gasteiger partial charge is 0.487 e. The van der Waals surface area contributed by atoms with Crippen LogP contribution in [0.4, 0.5) is 0 Å². The Kier molecular flexibility index (Phi) is 6.91. The lowest BCUT2D eigenvalue weighted by Crippen LogP contribution is -2.40. The topological polar surface area (TPSA) is 75.6 Å². The highest BCUT2D eigenvalue weighted by molar-refractivity contribution is 6.32. The van der Waals surface area contributed by atoms with Gasteiger partial charge in [0, 0.05) is 5.92 Å². The van der Waals surface area contributed by atoms with Gasteiger partial charge in [0.25, 0.3) is 0 Å². The van der Waals surface area contributed by atoms with Gasteiger partial charge in [-0.05, 0) is 37.8 Å². The summed E-state index contributed by atoms with van der Waals surface area (Å²) in [6.45, 7) is 2.36. The normalized spacial score (nSPS) is 21.8. The zero-order chi connectivity index (χ0) is 17.5. The molecule has 132 valence electrons. The number of carboxylic acid groups (broad SMARTS) is 1. The van der Waals surface area contributed by atoms with Gasteiger partial charge in [-0.15, -0.1) is 0 Å². The lowest BCUT2D eigenvalue weighted by molar-refractivity contribution is -0.144. The van der Waals surface area contributed by atoms with Crippen molar-refractivity contribution in [1.82, 2.24) is 5.32 Å². The van der Waals surface area contributed by atoms with E-state index in [1.807, 2.05) is 19.1 Å². The van der Waals surface area contributed by atoms with E-state index in [-0.39, 0.29) is 17.9 Å². The van der Waals surface area contributed by atoms with E-state index in [2.05, 4.69) is 5.32 Å². The summed E-state index contributed by atoms with van der Waals surface area (Å²) in [6.07, 6.45) is 3.16. The summed E-state index contributed by atoms with van der Waals surface area (Å²) >= 11 is 6.09. The molecule has 3 atom stereocenters. The van der Waals surface area contributed by atoms with Crippen LogP contribution in [0.2, 0.25) is 5.02 Å². The summed E-state index contributed by atoms with van der Waals surface area (Å²) in [6, 6.07) is 7.24. The first-order chi connectivity index (χ1) is 11.5. The van der Waals surface area contributed by atoms with Crippen LogP contribution >= 0.6 is 11.6 Å². The molecule has 1 aliphatic rings. The summed E-state index contributed by atoms with van der Waals surface area (Å²) in [4.78, 5) is 23.4. The minimum atomic E-state index is -0.805. The number of carbonyl (C=O) groups is 2. The van der Waals surface area contributed by atoms with E-state index in [4.69, 9.17) is 21.4 Å². The van der Waals surface area contributed by atoms with Crippen LogP contribution in [0, 0.1) is 11.8 Å². The van der Waals surface area contributed by atoms with E-state index in [1.165, 1.54) is 0 Å². The first-order valence-electron chi connectivity index (χ1n) is 8.43. The minimum Gasteiger partial charge on any atom is -0.487 e. The Morgan fingerprint density at radius 2 is 2.04 bits per heavy atom. The van der Waals surface area contributed by atoms with Crippen LogP contribution in [0.1, 0.15) is 39.0 Å². The second-order valence-corrected chi connectivity index (χ2v) is 6.63. The monoisotopic (exact) mass is 353 g/mol. The molecule has 0 saturated heterocycles. The number of nitrogens with one attached hydrogen (secondary N) is 1. The summed E-state index contributed by atoms with van der Waals surface area (Å²) < 4.78 is 5.85. The van der Waals surface area contributed by atoms with E-state index in [9.17, 15) is 9.59 Å². The maximum absolute atomic E-state index is 12.3. The summed E-state index contributed by atoms with van der Waals surface area (Å²) in [5.41, 5.74) is 0. The van der Waals surface area contributed by atoms with E-state index < -0.39 is 11.9 Å². The summed E-state index contributed by atoms with van der Waals surface area (Å²) in [7, 11) is 0. The Labute approximate surface area is 147 Å². The van der Waals surface area contributed by atoms with Gasteiger partial charge in [0.1, 0.15) is 11.9 Å². The molecule has 0 aromatic heterocycles. The first-order valence-corrected chi connectivity index (χ1v) is 8.80. The fraction of sp³-hybridized carbons (Fsp3) is 0.556. The van der Waals surface area contributed by atoms with Crippen molar-refractivity contribution in [2.45, 2.75) is 45.1 Å². The van der Waals surface area contributed by atoms with E-state index in [0.717, 1.165) is 19.3 Å². The van der Waals surface area contributed by atoms with Gasteiger partial charge in [-0.25, -0.2) is 0 Å². The average Bonchev–Trinajstić information content (AvgIpc) is 2.60. The molecule has 1 aliphatic carbocycles. The molecule has 0 bridgehead atoms. The smallest absolute Gasteiger partial charge is 0.306 e. The molecule has 2 rings (SSSR count). The van der Waals surface area contributed by atoms with Gasteiger partial charge in [-0.1, -0.05) is 37.1 Å². The van der Waals surface area contributed by atoms with Gasteiger partial charge in [-0.3, -0.25) is 9.59 Å². The number of carbonyl (C=O) groups excluding carboxylic acids is 1. The fourth-order valence-electron chi connectivity index (χ4n) is 3.00. The Hall–Kier alpha value is -1.75. The van der Waals surface area contributed by atoms with Crippen molar-refractivity contribution in [2.24, 2.45) is 11.8 Å². The molecule has 3 unspecified atom stereocenters. The van der Waals surface area contributed by atoms with Crippen LogP contribution in [-0.2, 0) is 9.59 Å². The summed E-state index contributed by atoms with van der Waals surface area (Å²) in [5, 5.41) is 12.6. The number of aliphatic carboxylic acids is 1. The van der Waals surface area contributed by atoms with Crippen molar-refractivity contribution in [3.63, 3.8) is 0 Å². The third-order valence-corrected chi connectivity index (χ3v) is 4.80. The standard InChI is InChI=1S/C18H24ClNO4/c1-2-14(24-16-9-4-3-8-15(16)19)11-20-17(21)12-6-5-7-13(10-12)18(22)23/h3-4,8-9,12-14H,2,5-7,10-11H2,1H3,(H,20,21)(H,22,23). The molecule has 1 aromatic rings. The van der Waals surface area contributed by atoms with E-state index in [0.29, 0.717) is 30.2 Å². The Morgan fingerprint density at radius 3 is 2.71 bits per heavy atom. The van der Waals surface area contributed by atoms with Crippen LogP contribution in [0.15, 0.2) is 24.3 Å². The minimum absolute atomic E-state index is 0.0813. The molecule has 24 heavy (non-hydrogen) atoms. The second-order valence-electron chi connectivity index (χ2n) is 6.22.